The SMILES string of the molecule is CN[C@@H](/C=C(\F)CCCN1C(=O)c2ccccc2C1=O)C(=O)O. The van der Waals surface area contributed by atoms with E-state index in [1.807, 2.05) is 0 Å². The Hall–Kier alpha value is -2.54. The van der Waals surface area contributed by atoms with Gasteiger partial charge in [0.1, 0.15) is 6.04 Å². The standard InChI is InChI=1S/C16H17FN2O4/c1-18-13(16(22)23)9-10(17)5-4-8-19-14(20)11-6-2-3-7-12(11)15(19)21/h2-3,6-7,9,13,18H,4-5,8H2,1H3,(H,22,23)/b10-9-/t13-/m0/s1. The molecule has 1 aliphatic rings. The number of hydrogen-bond donors (Lipinski definition) is 2. The lowest BCUT2D eigenvalue weighted by atomic mass is 10.1. The number of carboxylic acid groups (broad SMARTS) is 1. The second-order valence-electron chi connectivity index (χ2n) is 5.13. The van der Waals surface area contributed by atoms with Gasteiger partial charge in [-0.1, -0.05) is 12.1 Å². The summed E-state index contributed by atoms with van der Waals surface area (Å²) < 4.78 is 13.7. The average Bonchev–Trinajstić information content (AvgIpc) is 2.77. The molecule has 7 heteroatoms. The maximum atomic E-state index is 13.7. The average molecular weight is 320 g/mol. The molecular formula is C16H17FN2O4. The number of amides is 2. The summed E-state index contributed by atoms with van der Waals surface area (Å²) >= 11 is 0. The van der Waals surface area contributed by atoms with E-state index in [-0.39, 0.29) is 31.2 Å². The number of benzene rings is 1. The van der Waals surface area contributed by atoms with Crippen LogP contribution in [0.15, 0.2) is 36.2 Å². The van der Waals surface area contributed by atoms with Crippen LogP contribution in [0.25, 0.3) is 0 Å². The first-order valence-electron chi connectivity index (χ1n) is 7.17. The Bertz CT molecular complexity index is 637. The molecule has 0 bridgehead atoms. The van der Waals surface area contributed by atoms with Crippen LogP contribution in [0, 0.1) is 0 Å². The van der Waals surface area contributed by atoms with Gasteiger partial charge in [-0.15, -0.1) is 0 Å². The van der Waals surface area contributed by atoms with Gasteiger partial charge in [-0.3, -0.25) is 19.3 Å². The van der Waals surface area contributed by atoms with Crippen LogP contribution >= 0.6 is 0 Å². The second-order valence-corrected chi connectivity index (χ2v) is 5.13. The van der Waals surface area contributed by atoms with E-state index in [1.165, 1.54) is 7.05 Å². The highest BCUT2D eigenvalue weighted by Gasteiger charge is 2.34. The number of hydrogen-bond acceptors (Lipinski definition) is 4. The van der Waals surface area contributed by atoms with Crippen LogP contribution in [0.2, 0.25) is 0 Å². The predicted octanol–water partition coefficient (Wildman–Crippen LogP) is 1.59. The fourth-order valence-corrected chi connectivity index (χ4v) is 2.39. The molecule has 122 valence electrons. The quantitative estimate of drug-likeness (QED) is 0.745. The molecule has 6 nitrogen and oxygen atoms in total. The van der Waals surface area contributed by atoms with Crippen molar-refractivity contribution in [1.82, 2.24) is 10.2 Å². The fraction of sp³-hybridized carbons (Fsp3) is 0.312. The smallest absolute Gasteiger partial charge is 0.324 e. The third-order valence-electron chi connectivity index (χ3n) is 3.60. The first-order chi connectivity index (χ1) is 11.0. The maximum absolute atomic E-state index is 13.7. The molecule has 2 rings (SSSR count). The largest absolute Gasteiger partial charge is 0.480 e. The Morgan fingerprint density at radius 2 is 1.87 bits per heavy atom. The number of imide groups is 1. The minimum Gasteiger partial charge on any atom is -0.480 e. The number of allylic oxidation sites excluding steroid dienone is 1. The number of likely N-dealkylation sites (N-methyl/N-ethyl adjacent to an activating group) is 1. The van der Waals surface area contributed by atoms with E-state index in [1.54, 1.807) is 24.3 Å². The molecule has 1 aromatic carbocycles. The van der Waals surface area contributed by atoms with Gasteiger partial charge in [-0.2, -0.15) is 0 Å². The molecule has 23 heavy (non-hydrogen) atoms. The molecule has 1 aliphatic heterocycles. The summed E-state index contributed by atoms with van der Waals surface area (Å²) in [6.45, 7) is 0.0882. The van der Waals surface area contributed by atoms with Crippen LogP contribution in [0.3, 0.4) is 0 Å². The van der Waals surface area contributed by atoms with Crippen molar-refractivity contribution in [2.24, 2.45) is 0 Å². The highest BCUT2D eigenvalue weighted by Crippen LogP contribution is 2.23. The first kappa shape index (κ1) is 16.8. The number of carboxylic acids is 1. The van der Waals surface area contributed by atoms with Gasteiger partial charge < -0.3 is 10.4 Å². The zero-order chi connectivity index (χ0) is 17.0. The highest BCUT2D eigenvalue weighted by molar-refractivity contribution is 6.21. The van der Waals surface area contributed by atoms with Gasteiger partial charge in [-0.05, 0) is 31.7 Å². The van der Waals surface area contributed by atoms with Gasteiger partial charge in [0.05, 0.1) is 17.0 Å². The summed E-state index contributed by atoms with van der Waals surface area (Å²) in [6, 6.07) is 5.43. The number of rotatable bonds is 7. The zero-order valence-corrected chi connectivity index (χ0v) is 12.6. The summed E-state index contributed by atoms with van der Waals surface area (Å²) in [5.74, 6) is -2.53. The normalized spacial score (nSPS) is 15.7. The number of halogens is 1. The van der Waals surface area contributed by atoms with E-state index in [0.717, 1.165) is 11.0 Å². The van der Waals surface area contributed by atoms with Gasteiger partial charge in [0.15, 0.2) is 0 Å². The number of fused-ring (bicyclic) bond motifs is 1. The van der Waals surface area contributed by atoms with E-state index >= 15 is 0 Å². The molecule has 0 radical (unpaired) electrons. The van der Waals surface area contributed by atoms with Crippen molar-refractivity contribution in [2.45, 2.75) is 18.9 Å². The molecule has 0 unspecified atom stereocenters. The Morgan fingerprint density at radius 1 is 1.30 bits per heavy atom. The lowest BCUT2D eigenvalue weighted by Gasteiger charge is -2.13. The van der Waals surface area contributed by atoms with Crippen molar-refractivity contribution in [3.05, 3.63) is 47.3 Å². The summed E-state index contributed by atoms with van der Waals surface area (Å²) in [7, 11) is 1.42. The van der Waals surface area contributed by atoms with Crippen molar-refractivity contribution in [2.75, 3.05) is 13.6 Å². The Labute approximate surface area is 132 Å². The van der Waals surface area contributed by atoms with Crippen molar-refractivity contribution in [1.29, 1.82) is 0 Å². The van der Waals surface area contributed by atoms with E-state index in [4.69, 9.17) is 5.11 Å². The second kappa shape index (κ2) is 7.15. The molecule has 0 spiro atoms. The maximum Gasteiger partial charge on any atom is 0.324 e. The van der Waals surface area contributed by atoms with Crippen molar-refractivity contribution < 1.29 is 23.9 Å². The van der Waals surface area contributed by atoms with Crippen molar-refractivity contribution in [3.63, 3.8) is 0 Å². The Balaban J connectivity index is 1.93. The summed E-state index contributed by atoms with van der Waals surface area (Å²) in [5, 5.41) is 11.3. The number of carbonyl (C=O) groups excluding carboxylic acids is 2. The molecule has 0 saturated carbocycles. The number of nitrogens with one attached hydrogen (secondary N) is 1. The van der Waals surface area contributed by atoms with Crippen LogP contribution in [-0.4, -0.2) is 47.4 Å². The third kappa shape index (κ3) is 3.62. The molecule has 0 saturated heterocycles. The fourth-order valence-electron chi connectivity index (χ4n) is 2.39. The van der Waals surface area contributed by atoms with Crippen molar-refractivity contribution in [3.8, 4) is 0 Å². The van der Waals surface area contributed by atoms with Crippen LogP contribution in [-0.2, 0) is 4.79 Å². The van der Waals surface area contributed by atoms with E-state index in [9.17, 15) is 18.8 Å². The lowest BCUT2D eigenvalue weighted by molar-refractivity contribution is -0.138. The van der Waals surface area contributed by atoms with Crippen molar-refractivity contribution >= 4 is 17.8 Å². The zero-order valence-electron chi connectivity index (χ0n) is 12.6. The Morgan fingerprint density at radius 3 is 2.35 bits per heavy atom. The number of carbonyl (C=O) groups is 3. The van der Waals surface area contributed by atoms with E-state index in [2.05, 4.69) is 5.32 Å². The summed E-state index contributed by atoms with van der Waals surface area (Å²) in [5.41, 5.74) is 0.712. The van der Waals surface area contributed by atoms with Crippen LogP contribution < -0.4 is 5.32 Å². The minimum atomic E-state index is -1.18. The van der Waals surface area contributed by atoms with E-state index in [0.29, 0.717) is 11.1 Å². The molecule has 1 heterocycles. The van der Waals surface area contributed by atoms with Gasteiger partial charge in [-0.25, -0.2) is 4.39 Å². The van der Waals surface area contributed by atoms with Gasteiger partial charge >= 0.3 is 5.97 Å². The van der Waals surface area contributed by atoms with Crippen LogP contribution in [0.5, 0.6) is 0 Å². The lowest BCUT2D eigenvalue weighted by Crippen LogP contribution is -2.32. The van der Waals surface area contributed by atoms with Crippen LogP contribution in [0.1, 0.15) is 33.6 Å². The molecule has 1 atom stereocenters. The van der Waals surface area contributed by atoms with E-state index < -0.39 is 17.8 Å². The molecule has 0 fully saturated rings. The molecule has 0 aromatic heterocycles. The third-order valence-corrected chi connectivity index (χ3v) is 3.60. The van der Waals surface area contributed by atoms with Crippen LogP contribution in [0.4, 0.5) is 4.39 Å². The Kier molecular flexibility index (Phi) is 5.23. The molecule has 2 N–H and O–H groups in total. The topological polar surface area (TPSA) is 86.7 Å². The number of nitrogens with zero attached hydrogens (tertiary/aromatic N) is 1. The minimum absolute atomic E-state index is 0.0428. The summed E-state index contributed by atoms with van der Waals surface area (Å²) in [6.07, 6.45) is 1.16. The van der Waals surface area contributed by atoms with Gasteiger partial charge in [0.2, 0.25) is 0 Å². The van der Waals surface area contributed by atoms with Gasteiger partial charge in [0, 0.05) is 13.0 Å². The van der Waals surface area contributed by atoms with Gasteiger partial charge in [0.25, 0.3) is 11.8 Å². The first-order valence-corrected chi connectivity index (χ1v) is 7.17. The monoisotopic (exact) mass is 320 g/mol. The molecule has 0 aliphatic carbocycles. The number of aliphatic carboxylic acids is 1. The summed E-state index contributed by atoms with van der Waals surface area (Å²) in [4.78, 5) is 36.1. The molecule has 2 amide bonds. The molecular weight excluding hydrogens is 303 g/mol. The highest BCUT2D eigenvalue weighted by atomic mass is 19.1. The molecule has 1 aromatic rings. The predicted molar refractivity (Wildman–Crippen MR) is 80.7 cm³/mol.